The zero-order chi connectivity index (χ0) is 19.8. The molecular weight excluding hydrogens is 360 g/mol. The Balaban J connectivity index is 1.52. The molecule has 1 heterocycles. The molecule has 1 atom stereocenters. The summed E-state index contributed by atoms with van der Waals surface area (Å²) in [5, 5.41) is 5.67. The van der Waals surface area contributed by atoms with Gasteiger partial charge >= 0.3 is 12.0 Å². The summed E-state index contributed by atoms with van der Waals surface area (Å²) in [7, 11) is 1.33. The van der Waals surface area contributed by atoms with E-state index in [2.05, 4.69) is 10.6 Å². The number of methoxy groups -OCH3 is 1. The topological polar surface area (TPSA) is 85.9 Å². The summed E-state index contributed by atoms with van der Waals surface area (Å²) in [5.74, 6) is 1.09. The Bertz CT molecular complexity index is 810. The monoisotopic (exact) mass is 384 g/mol. The van der Waals surface area contributed by atoms with Crippen LogP contribution in [0.2, 0.25) is 0 Å². The van der Waals surface area contributed by atoms with E-state index in [1.165, 1.54) is 7.11 Å². The first-order valence-corrected chi connectivity index (χ1v) is 9.20. The summed E-state index contributed by atoms with van der Waals surface area (Å²) < 4.78 is 15.8. The van der Waals surface area contributed by atoms with Crippen molar-refractivity contribution in [2.75, 3.05) is 26.9 Å². The maximum Gasteiger partial charge on any atom is 0.315 e. The van der Waals surface area contributed by atoms with Crippen LogP contribution in [0.1, 0.15) is 23.6 Å². The van der Waals surface area contributed by atoms with Crippen molar-refractivity contribution in [3.8, 4) is 11.5 Å². The van der Waals surface area contributed by atoms with E-state index in [1.54, 1.807) is 0 Å². The molecule has 0 saturated carbocycles. The fourth-order valence-electron chi connectivity index (χ4n) is 2.96. The van der Waals surface area contributed by atoms with E-state index in [4.69, 9.17) is 14.2 Å². The van der Waals surface area contributed by atoms with E-state index >= 15 is 0 Å². The molecule has 1 aliphatic heterocycles. The lowest BCUT2D eigenvalue weighted by Crippen LogP contribution is -2.39. The molecule has 7 heteroatoms. The number of carbonyl (C=O) groups excluding carboxylic acids is 2. The molecule has 0 radical (unpaired) electrons. The molecule has 2 amide bonds. The van der Waals surface area contributed by atoms with Crippen LogP contribution < -0.4 is 20.1 Å². The van der Waals surface area contributed by atoms with Crippen LogP contribution in [0.5, 0.6) is 11.5 Å². The largest absolute Gasteiger partial charge is 0.486 e. The highest BCUT2D eigenvalue weighted by atomic mass is 16.6. The predicted octanol–water partition coefficient (Wildman–Crippen LogP) is 2.60. The first kappa shape index (κ1) is 19.5. The lowest BCUT2D eigenvalue weighted by Gasteiger charge is -2.19. The minimum atomic E-state index is -0.456. The number of rotatable bonds is 7. The van der Waals surface area contributed by atoms with Crippen molar-refractivity contribution in [1.29, 1.82) is 0 Å². The van der Waals surface area contributed by atoms with Gasteiger partial charge in [0, 0.05) is 6.54 Å². The molecule has 0 bridgehead atoms. The first-order chi connectivity index (χ1) is 13.7. The van der Waals surface area contributed by atoms with Gasteiger partial charge in [-0.1, -0.05) is 36.4 Å². The third-order valence-corrected chi connectivity index (χ3v) is 4.41. The zero-order valence-corrected chi connectivity index (χ0v) is 15.8. The molecule has 1 aliphatic rings. The van der Waals surface area contributed by atoms with Crippen molar-refractivity contribution in [2.45, 2.75) is 18.9 Å². The van der Waals surface area contributed by atoms with Crippen LogP contribution >= 0.6 is 0 Å². The highest BCUT2D eigenvalue weighted by Gasteiger charge is 2.18. The number of carbonyl (C=O) groups is 2. The van der Waals surface area contributed by atoms with Gasteiger partial charge in [0.15, 0.2) is 11.5 Å². The number of nitrogens with one attached hydrogen (secondary N) is 2. The maximum atomic E-state index is 12.3. The molecule has 0 aromatic heterocycles. The van der Waals surface area contributed by atoms with Crippen LogP contribution in [0.15, 0.2) is 48.5 Å². The van der Waals surface area contributed by atoms with Gasteiger partial charge in [-0.3, -0.25) is 4.79 Å². The quantitative estimate of drug-likeness (QED) is 0.717. The Labute approximate surface area is 164 Å². The van der Waals surface area contributed by atoms with Crippen molar-refractivity contribution in [3.63, 3.8) is 0 Å². The molecule has 148 valence electrons. The third kappa shape index (κ3) is 5.39. The second-order valence-electron chi connectivity index (χ2n) is 6.37. The van der Waals surface area contributed by atoms with Gasteiger partial charge in [0.25, 0.3) is 0 Å². The van der Waals surface area contributed by atoms with E-state index in [9.17, 15) is 9.59 Å². The van der Waals surface area contributed by atoms with Gasteiger partial charge in [-0.15, -0.1) is 0 Å². The number of benzene rings is 2. The molecule has 1 unspecified atom stereocenters. The Kier molecular flexibility index (Phi) is 6.73. The van der Waals surface area contributed by atoms with Gasteiger partial charge in [0.05, 0.1) is 19.6 Å². The molecule has 28 heavy (non-hydrogen) atoms. The fraction of sp³-hybridized carbons (Fsp3) is 0.333. The molecule has 0 fully saturated rings. The number of ether oxygens (including phenoxy) is 3. The molecule has 2 aromatic carbocycles. The Morgan fingerprint density at radius 3 is 2.57 bits per heavy atom. The predicted molar refractivity (Wildman–Crippen MR) is 103 cm³/mol. The summed E-state index contributed by atoms with van der Waals surface area (Å²) in [6, 6.07) is 14.3. The maximum absolute atomic E-state index is 12.3. The minimum absolute atomic E-state index is 0.0656. The molecular formula is C21H24N2O5. The summed E-state index contributed by atoms with van der Waals surface area (Å²) >= 11 is 0. The Morgan fingerprint density at radius 1 is 1.07 bits per heavy atom. The molecule has 2 N–H and O–H groups in total. The second kappa shape index (κ2) is 9.64. The van der Waals surface area contributed by atoms with Gasteiger partial charge in [0.2, 0.25) is 0 Å². The van der Waals surface area contributed by atoms with Crippen LogP contribution in [-0.4, -0.2) is 38.9 Å². The van der Waals surface area contributed by atoms with E-state index < -0.39 is 6.04 Å². The number of hydrogen-bond acceptors (Lipinski definition) is 5. The van der Waals surface area contributed by atoms with Crippen LogP contribution in [0.25, 0.3) is 0 Å². The fourth-order valence-corrected chi connectivity index (χ4v) is 2.96. The summed E-state index contributed by atoms with van der Waals surface area (Å²) in [6.45, 7) is 1.55. The Morgan fingerprint density at radius 2 is 1.82 bits per heavy atom. The van der Waals surface area contributed by atoms with E-state index in [1.807, 2.05) is 48.5 Å². The van der Waals surface area contributed by atoms with Crippen molar-refractivity contribution in [3.05, 3.63) is 59.7 Å². The Hall–Kier alpha value is -3.22. The average molecular weight is 384 g/mol. The van der Waals surface area contributed by atoms with Crippen LogP contribution in [-0.2, 0) is 16.0 Å². The normalized spacial score (nSPS) is 13.3. The van der Waals surface area contributed by atoms with Crippen molar-refractivity contribution < 1.29 is 23.8 Å². The summed E-state index contributed by atoms with van der Waals surface area (Å²) in [4.78, 5) is 24.0. The molecule has 3 rings (SSSR count). The van der Waals surface area contributed by atoms with E-state index in [-0.39, 0.29) is 18.4 Å². The lowest BCUT2D eigenvalue weighted by molar-refractivity contribution is -0.141. The summed E-state index contributed by atoms with van der Waals surface area (Å²) in [6.07, 6.45) is 0.715. The molecule has 2 aromatic rings. The number of esters is 1. The summed E-state index contributed by atoms with van der Waals surface area (Å²) in [5.41, 5.74) is 1.88. The zero-order valence-electron chi connectivity index (χ0n) is 15.8. The number of fused-ring (bicyclic) bond motifs is 1. The van der Waals surface area contributed by atoms with E-state index in [0.717, 1.165) is 22.6 Å². The van der Waals surface area contributed by atoms with Gasteiger partial charge in [-0.25, -0.2) is 4.79 Å². The smallest absolute Gasteiger partial charge is 0.315 e. The number of amides is 2. The van der Waals surface area contributed by atoms with Crippen molar-refractivity contribution >= 4 is 12.0 Å². The van der Waals surface area contributed by atoms with E-state index in [0.29, 0.717) is 26.2 Å². The molecule has 0 aliphatic carbocycles. The van der Waals surface area contributed by atoms with Gasteiger partial charge in [-0.05, 0) is 29.7 Å². The van der Waals surface area contributed by atoms with Crippen LogP contribution in [0.3, 0.4) is 0 Å². The second-order valence-corrected chi connectivity index (χ2v) is 6.37. The first-order valence-electron chi connectivity index (χ1n) is 9.20. The molecule has 0 saturated heterocycles. The minimum Gasteiger partial charge on any atom is -0.486 e. The molecule has 0 spiro atoms. The van der Waals surface area contributed by atoms with Gasteiger partial charge in [0.1, 0.15) is 13.2 Å². The number of urea groups is 1. The average Bonchev–Trinajstić information content (AvgIpc) is 2.73. The van der Waals surface area contributed by atoms with Crippen molar-refractivity contribution in [2.24, 2.45) is 0 Å². The highest BCUT2D eigenvalue weighted by molar-refractivity contribution is 5.76. The van der Waals surface area contributed by atoms with Gasteiger partial charge < -0.3 is 24.8 Å². The standard InChI is InChI=1S/C21H24N2O5/c1-26-20(24)14-17(16-5-3-2-4-6-16)23-21(25)22-10-9-15-7-8-18-19(13-15)28-12-11-27-18/h2-8,13,17H,9-12,14H2,1H3,(H2,22,23,25). The number of hydrogen-bond donors (Lipinski definition) is 2. The van der Waals surface area contributed by atoms with Gasteiger partial charge in [-0.2, -0.15) is 0 Å². The SMILES string of the molecule is COC(=O)CC(NC(=O)NCCc1ccc2c(c1)OCCO2)c1ccccc1. The molecule has 7 nitrogen and oxygen atoms in total. The highest BCUT2D eigenvalue weighted by Crippen LogP contribution is 2.30. The van der Waals surface area contributed by atoms with Crippen LogP contribution in [0.4, 0.5) is 4.79 Å². The lowest BCUT2D eigenvalue weighted by atomic mass is 10.0. The third-order valence-electron chi connectivity index (χ3n) is 4.41. The van der Waals surface area contributed by atoms with Crippen LogP contribution in [0, 0.1) is 0 Å². The van der Waals surface area contributed by atoms with Crippen molar-refractivity contribution in [1.82, 2.24) is 10.6 Å².